The first-order valence-electron chi connectivity index (χ1n) is 2.63. The summed E-state index contributed by atoms with van der Waals surface area (Å²) in [4.78, 5) is 15.9. The second-order valence-electron chi connectivity index (χ2n) is 1.77. The molecular formula is C4H5N5O2. The molecule has 4 N–H and O–H groups in total. The van der Waals surface area contributed by atoms with E-state index < -0.39 is 10.9 Å². The van der Waals surface area contributed by atoms with Gasteiger partial charge in [-0.25, -0.2) is 0 Å². The number of anilines is 2. The third kappa shape index (κ3) is 1.31. The van der Waals surface area contributed by atoms with E-state index in [1.54, 1.807) is 0 Å². The lowest BCUT2D eigenvalue weighted by atomic mass is 10.5. The van der Waals surface area contributed by atoms with Crippen LogP contribution in [0.25, 0.3) is 0 Å². The molecule has 0 aliphatic rings. The highest BCUT2D eigenvalue weighted by Crippen LogP contribution is 2.11. The second-order valence-corrected chi connectivity index (χ2v) is 1.77. The number of aromatic nitrogens is 2. The number of nitro groups is 1. The highest BCUT2D eigenvalue weighted by Gasteiger charge is 2.11. The topological polar surface area (TPSA) is 121 Å². The van der Waals surface area contributed by atoms with Gasteiger partial charge in [-0.3, -0.25) is 0 Å². The summed E-state index contributed by atoms with van der Waals surface area (Å²) in [7, 11) is 0. The monoisotopic (exact) mass is 155 g/mol. The first-order chi connectivity index (χ1) is 5.11. The molecule has 1 rings (SSSR count). The Balaban J connectivity index is 3.15. The Morgan fingerprint density at radius 1 is 1.55 bits per heavy atom. The highest BCUT2D eigenvalue weighted by molar-refractivity contribution is 5.56. The van der Waals surface area contributed by atoms with Crippen LogP contribution in [0.3, 0.4) is 0 Å². The van der Waals surface area contributed by atoms with Gasteiger partial charge in [0.05, 0.1) is 0 Å². The van der Waals surface area contributed by atoms with E-state index in [0.29, 0.717) is 0 Å². The average molecular weight is 155 g/mol. The fourth-order valence-corrected chi connectivity index (χ4v) is 0.483. The molecule has 11 heavy (non-hydrogen) atoms. The van der Waals surface area contributed by atoms with Gasteiger partial charge in [0.1, 0.15) is 11.9 Å². The van der Waals surface area contributed by atoms with Crippen LogP contribution in [-0.4, -0.2) is 14.9 Å². The molecule has 58 valence electrons. The Labute approximate surface area is 61.2 Å². The van der Waals surface area contributed by atoms with Gasteiger partial charge in [-0.05, 0) is 9.91 Å². The van der Waals surface area contributed by atoms with Crippen molar-refractivity contribution in [2.24, 2.45) is 0 Å². The zero-order valence-corrected chi connectivity index (χ0v) is 5.39. The first kappa shape index (κ1) is 7.19. The fourth-order valence-electron chi connectivity index (χ4n) is 0.483. The van der Waals surface area contributed by atoms with E-state index in [1.165, 1.54) is 0 Å². The summed E-state index contributed by atoms with van der Waals surface area (Å²) in [5.41, 5.74) is 10.5. The van der Waals surface area contributed by atoms with E-state index in [2.05, 4.69) is 9.97 Å². The van der Waals surface area contributed by atoms with Gasteiger partial charge < -0.3 is 21.6 Å². The van der Waals surface area contributed by atoms with Crippen LogP contribution in [0.1, 0.15) is 0 Å². The Hall–Kier alpha value is -1.92. The van der Waals surface area contributed by atoms with Crippen molar-refractivity contribution < 1.29 is 4.92 Å². The second kappa shape index (κ2) is 2.37. The van der Waals surface area contributed by atoms with E-state index in [4.69, 9.17) is 11.5 Å². The van der Waals surface area contributed by atoms with Crippen molar-refractivity contribution in [3.05, 3.63) is 16.3 Å². The molecule has 0 aliphatic heterocycles. The normalized spacial score (nSPS) is 9.45. The molecule has 0 saturated heterocycles. The van der Waals surface area contributed by atoms with Crippen LogP contribution in [0.5, 0.6) is 0 Å². The third-order valence-corrected chi connectivity index (χ3v) is 0.999. The van der Waals surface area contributed by atoms with Gasteiger partial charge in [-0.15, -0.1) is 0 Å². The van der Waals surface area contributed by atoms with E-state index in [9.17, 15) is 10.1 Å². The Morgan fingerprint density at radius 2 is 2.18 bits per heavy atom. The third-order valence-electron chi connectivity index (χ3n) is 0.999. The fraction of sp³-hybridized carbons (Fsp3) is 0. The molecule has 0 unspecified atom stereocenters. The number of hydrogen-bond donors (Lipinski definition) is 2. The highest BCUT2D eigenvalue weighted by atomic mass is 16.6. The van der Waals surface area contributed by atoms with Crippen molar-refractivity contribution in [3.8, 4) is 0 Å². The van der Waals surface area contributed by atoms with Crippen molar-refractivity contribution in [1.29, 1.82) is 0 Å². The number of nitrogens with two attached hydrogens (primary N) is 2. The molecule has 0 atom stereocenters. The predicted octanol–water partition coefficient (Wildman–Crippen LogP) is -0.451. The van der Waals surface area contributed by atoms with Crippen LogP contribution < -0.4 is 11.5 Å². The lowest BCUT2D eigenvalue weighted by molar-refractivity contribution is -0.394. The molecule has 0 spiro atoms. The lowest BCUT2D eigenvalue weighted by Crippen LogP contribution is -2.03. The smallest absolute Gasteiger partial charge is 0.392 e. The molecule has 1 heterocycles. The van der Waals surface area contributed by atoms with E-state index in [-0.39, 0.29) is 11.5 Å². The first-order valence-corrected chi connectivity index (χ1v) is 2.63. The summed E-state index contributed by atoms with van der Waals surface area (Å²) < 4.78 is 0. The molecule has 0 aromatic carbocycles. The number of hydrogen-bond acceptors (Lipinski definition) is 6. The zero-order chi connectivity index (χ0) is 8.43. The van der Waals surface area contributed by atoms with Gasteiger partial charge in [-0.2, -0.15) is 0 Å². The predicted molar refractivity (Wildman–Crippen MR) is 37.5 cm³/mol. The maximum Gasteiger partial charge on any atom is 0.470 e. The molecular weight excluding hydrogens is 150 g/mol. The summed E-state index contributed by atoms with van der Waals surface area (Å²) >= 11 is 0. The molecule has 0 bridgehead atoms. The summed E-state index contributed by atoms with van der Waals surface area (Å²) in [5, 5.41) is 10.0. The molecule has 7 heteroatoms. The largest absolute Gasteiger partial charge is 0.470 e. The minimum absolute atomic E-state index is 0.0771. The molecule has 7 nitrogen and oxygen atoms in total. The Morgan fingerprint density at radius 3 is 2.64 bits per heavy atom. The van der Waals surface area contributed by atoms with Crippen LogP contribution in [0.15, 0.2) is 6.20 Å². The van der Waals surface area contributed by atoms with Crippen LogP contribution in [-0.2, 0) is 0 Å². The minimum Gasteiger partial charge on any atom is -0.392 e. The molecule has 1 aromatic rings. The maximum atomic E-state index is 10.0. The summed E-state index contributed by atoms with van der Waals surface area (Å²) in [5.74, 6) is -0.622. The van der Waals surface area contributed by atoms with E-state index >= 15 is 0 Å². The summed E-state index contributed by atoms with van der Waals surface area (Å²) in [6.45, 7) is 0. The van der Waals surface area contributed by atoms with Crippen molar-refractivity contribution in [2.75, 3.05) is 11.5 Å². The molecule has 0 aliphatic carbocycles. The van der Waals surface area contributed by atoms with Crippen molar-refractivity contribution in [1.82, 2.24) is 9.97 Å². The zero-order valence-electron chi connectivity index (χ0n) is 5.39. The number of nitrogen functional groups attached to an aromatic ring is 2. The van der Waals surface area contributed by atoms with Gasteiger partial charge >= 0.3 is 5.95 Å². The van der Waals surface area contributed by atoms with Gasteiger partial charge in [0.15, 0.2) is 0 Å². The van der Waals surface area contributed by atoms with E-state index in [1.807, 2.05) is 0 Å². The number of rotatable bonds is 1. The van der Waals surface area contributed by atoms with Gasteiger partial charge in [-0.1, -0.05) is 4.98 Å². The van der Waals surface area contributed by atoms with E-state index in [0.717, 1.165) is 6.20 Å². The van der Waals surface area contributed by atoms with Crippen LogP contribution >= 0.6 is 0 Å². The van der Waals surface area contributed by atoms with Crippen molar-refractivity contribution in [3.63, 3.8) is 0 Å². The lowest BCUT2D eigenvalue weighted by Gasteiger charge is -1.93. The van der Waals surface area contributed by atoms with Crippen LogP contribution in [0.4, 0.5) is 17.5 Å². The molecule has 1 aromatic heterocycles. The summed E-state index contributed by atoms with van der Waals surface area (Å²) in [6, 6.07) is 0. The standard InChI is InChI=1S/C4H5N5O2/c5-2-1-7-4(9(10)11)8-3(2)6/h1H,5H2,(H2,6,7,8). The molecule has 0 amide bonds. The van der Waals surface area contributed by atoms with Gasteiger partial charge in [0, 0.05) is 0 Å². The maximum absolute atomic E-state index is 10.0. The SMILES string of the molecule is Nc1cnc([N+](=O)[O-])nc1N. The van der Waals surface area contributed by atoms with Gasteiger partial charge in [0.2, 0.25) is 5.82 Å². The minimum atomic E-state index is -0.740. The van der Waals surface area contributed by atoms with Crippen LogP contribution in [0, 0.1) is 10.1 Å². The van der Waals surface area contributed by atoms with Crippen molar-refractivity contribution >= 4 is 17.5 Å². The van der Waals surface area contributed by atoms with Crippen LogP contribution in [0.2, 0.25) is 0 Å². The van der Waals surface area contributed by atoms with Crippen molar-refractivity contribution in [2.45, 2.75) is 0 Å². The Bertz CT molecular complexity index is 299. The average Bonchev–Trinajstić information content (AvgIpc) is 1.94. The molecule has 0 saturated carbocycles. The molecule has 0 fully saturated rings. The summed E-state index contributed by atoms with van der Waals surface area (Å²) in [6.07, 6.45) is 1.10. The van der Waals surface area contributed by atoms with Gasteiger partial charge in [0.25, 0.3) is 0 Å². The Kier molecular flexibility index (Phi) is 1.55. The number of nitrogens with zero attached hydrogens (tertiary/aromatic N) is 3. The quantitative estimate of drug-likeness (QED) is 0.418. The molecule has 0 radical (unpaired) electrons.